The topological polar surface area (TPSA) is 78.8 Å². The number of aliphatic hydroxyl groups is 2. The second-order valence-electron chi connectivity index (χ2n) is 4.30. The molecule has 0 saturated carbocycles. The van der Waals surface area contributed by atoms with E-state index in [9.17, 15) is 4.79 Å². The van der Waals surface area contributed by atoms with Crippen molar-refractivity contribution in [2.45, 2.75) is 31.9 Å². The second kappa shape index (κ2) is 5.14. The number of carbonyl (C=O) groups is 1. The summed E-state index contributed by atoms with van der Waals surface area (Å²) < 4.78 is 4.98. The second-order valence-corrected chi connectivity index (χ2v) is 4.30. The zero-order valence-corrected chi connectivity index (χ0v) is 9.41. The molecule has 88 valence electrons. The van der Waals surface area contributed by atoms with Crippen molar-refractivity contribution < 1.29 is 19.7 Å². The molecule has 0 bridgehead atoms. The van der Waals surface area contributed by atoms with Gasteiger partial charge in [0.25, 0.3) is 0 Å². The van der Waals surface area contributed by atoms with Crippen LogP contribution in [-0.4, -0.2) is 40.7 Å². The normalized spacial score (nSPS) is 12.1. The Morgan fingerprint density at radius 2 is 1.87 bits per heavy atom. The molecule has 0 atom stereocenters. The van der Waals surface area contributed by atoms with Gasteiger partial charge in [-0.1, -0.05) is 6.08 Å². The molecule has 0 radical (unpaired) electrons. The van der Waals surface area contributed by atoms with Crippen LogP contribution in [0, 0.1) is 0 Å². The summed E-state index contributed by atoms with van der Waals surface area (Å²) in [5.74, 6) is 0. The Morgan fingerprint density at radius 3 is 2.13 bits per heavy atom. The first kappa shape index (κ1) is 13.9. The molecule has 0 fully saturated rings. The smallest absolute Gasteiger partial charge is 0.408 e. The quantitative estimate of drug-likeness (QED) is 0.596. The number of hydrogen-bond donors (Lipinski definition) is 3. The van der Waals surface area contributed by atoms with E-state index in [1.807, 2.05) is 0 Å². The van der Waals surface area contributed by atoms with Crippen LogP contribution < -0.4 is 5.32 Å². The minimum Gasteiger partial charge on any atom is -0.444 e. The summed E-state index contributed by atoms with van der Waals surface area (Å²) >= 11 is 0. The SMILES string of the molecule is C=CC(CO)(CO)NC(=O)OC(C)(C)C. The van der Waals surface area contributed by atoms with Gasteiger partial charge in [-0.25, -0.2) is 4.79 Å². The molecule has 0 aromatic rings. The van der Waals surface area contributed by atoms with Crippen LogP contribution in [0.5, 0.6) is 0 Å². The monoisotopic (exact) mass is 217 g/mol. The average Bonchev–Trinajstić information content (AvgIpc) is 2.11. The Bertz CT molecular complexity index is 228. The molecule has 0 aromatic carbocycles. The third-order valence-corrected chi connectivity index (χ3v) is 1.70. The average molecular weight is 217 g/mol. The molecule has 0 aliphatic rings. The highest BCUT2D eigenvalue weighted by molar-refractivity contribution is 5.69. The summed E-state index contributed by atoms with van der Waals surface area (Å²) in [5, 5.41) is 20.4. The van der Waals surface area contributed by atoms with Gasteiger partial charge in [-0.2, -0.15) is 0 Å². The lowest BCUT2D eigenvalue weighted by atomic mass is 10.0. The number of alkyl carbamates (subject to hydrolysis) is 1. The number of aliphatic hydroxyl groups excluding tert-OH is 2. The summed E-state index contributed by atoms with van der Waals surface area (Å²) in [4.78, 5) is 11.3. The van der Waals surface area contributed by atoms with E-state index in [2.05, 4.69) is 11.9 Å². The lowest BCUT2D eigenvalue weighted by Crippen LogP contribution is -2.53. The summed E-state index contributed by atoms with van der Waals surface area (Å²) in [6.07, 6.45) is 0.571. The third kappa shape index (κ3) is 4.80. The minimum absolute atomic E-state index is 0.438. The van der Waals surface area contributed by atoms with Crippen LogP contribution in [0.3, 0.4) is 0 Å². The molecule has 0 spiro atoms. The van der Waals surface area contributed by atoms with Crippen molar-refractivity contribution >= 4 is 6.09 Å². The summed E-state index contributed by atoms with van der Waals surface area (Å²) in [5.41, 5.74) is -1.86. The van der Waals surface area contributed by atoms with Gasteiger partial charge in [0, 0.05) is 0 Å². The van der Waals surface area contributed by atoms with E-state index in [-0.39, 0.29) is 0 Å². The fourth-order valence-corrected chi connectivity index (χ4v) is 0.816. The standard InChI is InChI=1S/C10H19NO4/c1-5-10(6-12,7-13)11-8(14)15-9(2,3)4/h5,12-13H,1,6-7H2,2-4H3,(H,11,14). The van der Waals surface area contributed by atoms with Crippen molar-refractivity contribution in [2.75, 3.05) is 13.2 Å². The number of ether oxygens (including phenoxy) is 1. The first-order valence-corrected chi connectivity index (χ1v) is 4.65. The van der Waals surface area contributed by atoms with Crippen molar-refractivity contribution in [1.82, 2.24) is 5.32 Å². The molecule has 0 aromatic heterocycles. The Kier molecular flexibility index (Phi) is 4.77. The number of rotatable bonds is 4. The maximum atomic E-state index is 11.3. The molecule has 0 unspecified atom stereocenters. The molecular formula is C10H19NO4. The van der Waals surface area contributed by atoms with Gasteiger partial charge < -0.3 is 20.3 Å². The molecule has 0 heterocycles. The lowest BCUT2D eigenvalue weighted by molar-refractivity contribution is 0.0376. The van der Waals surface area contributed by atoms with Gasteiger partial charge in [-0.15, -0.1) is 6.58 Å². The fraction of sp³-hybridized carbons (Fsp3) is 0.700. The van der Waals surface area contributed by atoms with Crippen molar-refractivity contribution in [2.24, 2.45) is 0 Å². The molecular weight excluding hydrogens is 198 g/mol. The highest BCUT2D eigenvalue weighted by Gasteiger charge is 2.29. The van der Waals surface area contributed by atoms with Crippen molar-refractivity contribution in [3.63, 3.8) is 0 Å². The van der Waals surface area contributed by atoms with Crippen LogP contribution in [0.25, 0.3) is 0 Å². The Hall–Kier alpha value is -1.07. The number of nitrogens with one attached hydrogen (secondary N) is 1. The minimum atomic E-state index is -1.23. The molecule has 0 aliphatic carbocycles. The van der Waals surface area contributed by atoms with Crippen molar-refractivity contribution in [1.29, 1.82) is 0 Å². The molecule has 0 rings (SSSR count). The van der Waals surface area contributed by atoms with Crippen LogP contribution in [0.15, 0.2) is 12.7 Å². The van der Waals surface area contributed by atoms with Crippen LogP contribution in [0.2, 0.25) is 0 Å². The van der Waals surface area contributed by atoms with E-state index in [1.165, 1.54) is 6.08 Å². The highest BCUT2D eigenvalue weighted by Crippen LogP contribution is 2.10. The van der Waals surface area contributed by atoms with Crippen LogP contribution in [0.4, 0.5) is 4.79 Å². The lowest BCUT2D eigenvalue weighted by Gasteiger charge is -2.29. The number of hydrogen-bond acceptors (Lipinski definition) is 4. The van der Waals surface area contributed by atoms with E-state index in [4.69, 9.17) is 14.9 Å². The zero-order valence-electron chi connectivity index (χ0n) is 9.41. The molecule has 5 nitrogen and oxygen atoms in total. The highest BCUT2D eigenvalue weighted by atomic mass is 16.6. The van der Waals surface area contributed by atoms with Crippen molar-refractivity contribution in [3.05, 3.63) is 12.7 Å². The van der Waals surface area contributed by atoms with E-state index in [1.54, 1.807) is 20.8 Å². The van der Waals surface area contributed by atoms with Gasteiger partial charge in [0.1, 0.15) is 11.1 Å². The predicted molar refractivity (Wildman–Crippen MR) is 56.5 cm³/mol. The largest absolute Gasteiger partial charge is 0.444 e. The van der Waals surface area contributed by atoms with Gasteiger partial charge in [0.2, 0.25) is 0 Å². The van der Waals surface area contributed by atoms with Gasteiger partial charge in [0.15, 0.2) is 0 Å². The summed E-state index contributed by atoms with van der Waals surface area (Å²) in [7, 11) is 0. The van der Waals surface area contributed by atoms with E-state index in [0.29, 0.717) is 0 Å². The molecule has 3 N–H and O–H groups in total. The van der Waals surface area contributed by atoms with Crippen LogP contribution >= 0.6 is 0 Å². The van der Waals surface area contributed by atoms with Gasteiger partial charge >= 0.3 is 6.09 Å². The maximum absolute atomic E-state index is 11.3. The molecule has 5 heteroatoms. The molecule has 0 aliphatic heterocycles. The fourth-order valence-electron chi connectivity index (χ4n) is 0.816. The summed E-state index contributed by atoms with van der Waals surface area (Å²) in [6, 6.07) is 0. The van der Waals surface area contributed by atoms with Gasteiger partial charge in [0.05, 0.1) is 13.2 Å². The molecule has 0 saturated heterocycles. The Balaban J connectivity index is 4.43. The number of carbonyl (C=O) groups excluding carboxylic acids is 1. The first-order chi connectivity index (χ1) is 6.78. The third-order valence-electron chi connectivity index (χ3n) is 1.70. The molecule has 15 heavy (non-hydrogen) atoms. The zero-order chi connectivity index (χ0) is 12.1. The Labute approximate surface area is 89.7 Å². The number of amides is 1. The molecule has 1 amide bonds. The van der Waals surface area contributed by atoms with Gasteiger partial charge in [-0.3, -0.25) is 0 Å². The van der Waals surface area contributed by atoms with Crippen molar-refractivity contribution in [3.8, 4) is 0 Å². The van der Waals surface area contributed by atoms with Crippen LogP contribution in [-0.2, 0) is 4.74 Å². The first-order valence-electron chi connectivity index (χ1n) is 4.65. The Morgan fingerprint density at radius 1 is 1.40 bits per heavy atom. The van der Waals surface area contributed by atoms with E-state index in [0.717, 1.165) is 0 Å². The van der Waals surface area contributed by atoms with Crippen LogP contribution in [0.1, 0.15) is 20.8 Å². The van der Waals surface area contributed by atoms with Gasteiger partial charge in [-0.05, 0) is 20.8 Å². The summed E-state index contributed by atoms with van der Waals surface area (Å²) in [6.45, 7) is 7.72. The maximum Gasteiger partial charge on any atom is 0.408 e. The van der Waals surface area contributed by atoms with E-state index >= 15 is 0 Å². The predicted octanol–water partition coefficient (Wildman–Crippen LogP) is 0.420. The van der Waals surface area contributed by atoms with E-state index < -0.39 is 30.4 Å².